The van der Waals surface area contributed by atoms with E-state index in [2.05, 4.69) is 13.8 Å². The van der Waals surface area contributed by atoms with Crippen molar-refractivity contribution in [3.63, 3.8) is 0 Å². The van der Waals surface area contributed by atoms with Crippen molar-refractivity contribution in [2.24, 2.45) is 16.7 Å². The molecule has 1 heterocycles. The van der Waals surface area contributed by atoms with Gasteiger partial charge in [0.05, 0.1) is 5.75 Å². The molecule has 0 aromatic rings. The second kappa shape index (κ2) is 5.05. The van der Waals surface area contributed by atoms with Crippen molar-refractivity contribution in [3.05, 3.63) is 0 Å². The Hall–Kier alpha value is -0.420. The molecule has 0 spiro atoms. The average Bonchev–Trinajstić information content (AvgIpc) is 2.69. The summed E-state index contributed by atoms with van der Waals surface area (Å²) >= 11 is 0. The number of nitrogens with zero attached hydrogens (tertiary/aromatic N) is 1. The molecule has 0 radical (unpaired) electrons. The zero-order valence-corrected chi connectivity index (χ0v) is 14.0. The predicted molar refractivity (Wildman–Crippen MR) is 82.4 cm³/mol. The summed E-state index contributed by atoms with van der Waals surface area (Å²) in [4.78, 5) is 12.5. The van der Waals surface area contributed by atoms with Gasteiger partial charge in [0.1, 0.15) is 5.78 Å². The summed E-state index contributed by atoms with van der Waals surface area (Å²) in [6.07, 6.45) is 6.49. The van der Waals surface area contributed by atoms with Crippen LogP contribution in [0.25, 0.3) is 0 Å². The Balaban J connectivity index is 1.86. The Bertz CT molecular complexity index is 532. The first-order chi connectivity index (χ1) is 9.80. The Labute approximate surface area is 128 Å². The molecule has 2 bridgehead atoms. The van der Waals surface area contributed by atoms with Crippen molar-refractivity contribution in [1.82, 2.24) is 4.31 Å². The zero-order valence-electron chi connectivity index (χ0n) is 13.2. The van der Waals surface area contributed by atoms with Crippen LogP contribution < -0.4 is 0 Å². The van der Waals surface area contributed by atoms with Crippen molar-refractivity contribution in [3.8, 4) is 0 Å². The van der Waals surface area contributed by atoms with Crippen LogP contribution in [0, 0.1) is 16.7 Å². The molecule has 2 unspecified atom stereocenters. The third-order valence-electron chi connectivity index (χ3n) is 6.53. The molecule has 1 saturated heterocycles. The van der Waals surface area contributed by atoms with Crippen LogP contribution in [0.3, 0.4) is 0 Å². The van der Waals surface area contributed by atoms with Crippen LogP contribution in [0.15, 0.2) is 0 Å². The van der Waals surface area contributed by atoms with E-state index >= 15 is 0 Å². The lowest BCUT2D eigenvalue weighted by atomic mass is 9.70. The second-order valence-electron chi connectivity index (χ2n) is 7.74. The quantitative estimate of drug-likeness (QED) is 0.805. The summed E-state index contributed by atoms with van der Waals surface area (Å²) in [6, 6.07) is 0. The van der Waals surface area contributed by atoms with Gasteiger partial charge in [-0.3, -0.25) is 4.79 Å². The van der Waals surface area contributed by atoms with Crippen molar-refractivity contribution >= 4 is 15.8 Å². The molecule has 1 aliphatic heterocycles. The minimum absolute atomic E-state index is 0.0440. The number of Topliss-reactive ketones (excluding diaryl/α,β-unsaturated/α-hetero) is 1. The van der Waals surface area contributed by atoms with E-state index in [4.69, 9.17) is 0 Å². The van der Waals surface area contributed by atoms with Crippen molar-refractivity contribution < 1.29 is 13.2 Å². The number of rotatable bonds is 3. The van der Waals surface area contributed by atoms with Gasteiger partial charge in [0.25, 0.3) is 0 Å². The third kappa shape index (κ3) is 2.27. The van der Waals surface area contributed by atoms with Crippen molar-refractivity contribution in [1.29, 1.82) is 0 Å². The van der Waals surface area contributed by atoms with Gasteiger partial charge in [-0.2, -0.15) is 0 Å². The topological polar surface area (TPSA) is 54.5 Å². The number of carbonyl (C=O) groups excluding carboxylic acids is 1. The van der Waals surface area contributed by atoms with E-state index in [0.717, 1.165) is 38.5 Å². The molecule has 2 saturated carbocycles. The summed E-state index contributed by atoms with van der Waals surface area (Å²) in [6.45, 7) is 5.48. The number of fused-ring (bicyclic) bond motifs is 2. The molecule has 2 aliphatic carbocycles. The van der Waals surface area contributed by atoms with E-state index in [-0.39, 0.29) is 17.0 Å². The third-order valence-corrected chi connectivity index (χ3v) is 8.54. The molecule has 0 amide bonds. The number of ketones is 1. The molecule has 3 rings (SSSR count). The summed E-state index contributed by atoms with van der Waals surface area (Å²) in [5.41, 5.74) is -0.786. The van der Waals surface area contributed by atoms with Crippen LogP contribution in [0.1, 0.15) is 58.8 Å². The first-order valence-corrected chi connectivity index (χ1v) is 9.92. The zero-order chi connectivity index (χ0) is 15.3. The van der Waals surface area contributed by atoms with Gasteiger partial charge < -0.3 is 0 Å². The first-order valence-electron chi connectivity index (χ1n) is 8.31. The van der Waals surface area contributed by atoms with Crippen LogP contribution in [-0.2, 0) is 14.8 Å². The minimum Gasteiger partial charge on any atom is -0.299 e. The Kier molecular flexibility index (Phi) is 3.72. The van der Waals surface area contributed by atoms with Crippen molar-refractivity contribution in [2.75, 3.05) is 18.8 Å². The first kappa shape index (κ1) is 15.5. The number of hydrogen-bond donors (Lipinski definition) is 0. The van der Waals surface area contributed by atoms with Gasteiger partial charge in [0, 0.05) is 24.9 Å². The Morgan fingerprint density at radius 1 is 1.14 bits per heavy atom. The van der Waals surface area contributed by atoms with Gasteiger partial charge in [-0.1, -0.05) is 26.7 Å². The van der Waals surface area contributed by atoms with E-state index in [0.29, 0.717) is 25.4 Å². The van der Waals surface area contributed by atoms with Gasteiger partial charge in [-0.15, -0.1) is 0 Å². The summed E-state index contributed by atoms with van der Waals surface area (Å²) in [7, 11) is -3.33. The monoisotopic (exact) mass is 313 g/mol. The number of sulfonamides is 1. The Morgan fingerprint density at radius 3 is 2.24 bits per heavy atom. The van der Waals surface area contributed by atoms with Crippen LogP contribution in [0.5, 0.6) is 0 Å². The van der Waals surface area contributed by atoms with E-state index in [9.17, 15) is 13.2 Å². The average molecular weight is 313 g/mol. The fourth-order valence-electron chi connectivity index (χ4n) is 4.83. The fourth-order valence-corrected chi connectivity index (χ4v) is 7.13. The summed E-state index contributed by atoms with van der Waals surface area (Å²) < 4.78 is 27.4. The second-order valence-corrected chi connectivity index (χ2v) is 9.71. The molecule has 0 aromatic heterocycles. The fraction of sp³-hybridized carbons (Fsp3) is 0.938. The molecule has 3 aliphatic rings. The van der Waals surface area contributed by atoms with Gasteiger partial charge in [-0.05, 0) is 37.0 Å². The van der Waals surface area contributed by atoms with Gasteiger partial charge >= 0.3 is 0 Å². The molecule has 0 N–H and O–H groups in total. The minimum atomic E-state index is -3.33. The molecule has 21 heavy (non-hydrogen) atoms. The molecule has 5 heteroatoms. The number of carbonyl (C=O) groups is 1. The van der Waals surface area contributed by atoms with Gasteiger partial charge in [0.15, 0.2) is 0 Å². The highest BCUT2D eigenvalue weighted by Crippen LogP contribution is 2.64. The SMILES string of the molecule is CC1(C)C2CCC1(CS(=O)(=O)N1CCCCCC1)C(=O)C2. The lowest BCUT2D eigenvalue weighted by Crippen LogP contribution is -2.46. The highest BCUT2D eigenvalue weighted by atomic mass is 32.2. The molecule has 2 atom stereocenters. The molecular weight excluding hydrogens is 286 g/mol. The van der Waals surface area contributed by atoms with E-state index in [1.807, 2.05) is 0 Å². The molecule has 4 nitrogen and oxygen atoms in total. The van der Waals surface area contributed by atoms with Crippen LogP contribution in [-0.4, -0.2) is 37.3 Å². The van der Waals surface area contributed by atoms with Crippen LogP contribution in [0.2, 0.25) is 0 Å². The van der Waals surface area contributed by atoms with Crippen LogP contribution in [0.4, 0.5) is 0 Å². The highest BCUT2D eigenvalue weighted by Gasteiger charge is 2.65. The molecule has 120 valence electrons. The number of hydrogen-bond acceptors (Lipinski definition) is 3. The highest BCUT2D eigenvalue weighted by molar-refractivity contribution is 7.89. The lowest BCUT2D eigenvalue weighted by molar-refractivity contribution is -0.128. The van der Waals surface area contributed by atoms with E-state index in [1.165, 1.54) is 0 Å². The maximum absolute atomic E-state index is 12.9. The summed E-state index contributed by atoms with van der Waals surface area (Å²) in [5.74, 6) is 0.619. The summed E-state index contributed by atoms with van der Waals surface area (Å²) in [5, 5.41) is 0. The standard InChI is InChI=1S/C16H27NO3S/c1-15(2)13-7-8-16(15,14(18)11-13)12-21(19,20)17-9-5-3-4-6-10-17/h13H,3-12H2,1-2H3. The maximum Gasteiger partial charge on any atom is 0.215 e. The smallest absolute Gasteiger partial charge is 0.215 e. The Morgan fingerprint density at radius 2 is 1.76 bits per heavy atom. The van der Waals surface area contributed by atoms with E-state index < -0.39 is 15.4 Å². The largest absolute Gasteiger partial charge is 0.299 e. The normalized spacial score (nSPS) is 36.9. The maximum atomic E-state index is 12.9. The van der Waals surface area contributed by atoms with Crippen LogP contribution >= 0.6 is 0 Å². The van der Waals surface area contributed by atoms with Crippen molar-refractivity contribution in [2.45, 2.75) is 58.8 Å². The lowest BCUT2D eigenvalue weighted by Gasteiger charge is -2.37. The van der Waals surface area contributed by atoms with Gasteiger partial charge in [-0.25, -0.2) is 12.7 Å². The van der Waals surface area contributed by atoms with Gasteiger partial charge in [0.2, 0.25) is 10.0 Å². The molecule has 0 aromatic carbocycles. The predicted octanol–water partition coefficient (Wildman–Crippen LogP) is 2.59. The molecular formula is C16H27NO3S. The van der Waals surface area contributed by atoms with E-state index in [1.54, 1.807) is 4.31 Å². The molecule has 3 fully saturated rings.